The van der Waals surface area contributed by atoms with Crippen LogP contribution in [-0.4, -0.2) is 25.3 Å². The molecule has 1 aliphatic rings. The Labute approximate surface area is 117 Å². The monoisotopic (exact) mass is 261 g/mol. The van der Waals surface area contributed by atoms with E-state index in [0.717, 1.165) is 25.6 Å². The summed E-state index contributed by atoms with van der Waals surface area (Å²) in [5.41, 5.74) is 1.44. The maximum absolute atomic E-state index is 5.43. The van der Waals surface area contributed by atoms with Gasteiger partial charge in [0.2, 0.25) is 0 Å². The largest absolute Gasteiger partial charge is 0.381 e. The minimum atomic E-state index is 0.582. The van der Waals surface area contributed by atoms with Crippen molar-refractivity contribution in [1.82, 2.24) is 5.32 Å². The first-order valence-electron chi connectivity index (χ1n) is 7.63. The van der Waals surface area contributed by atoms with Gasteiger partial charge >= 0.3 is 0 Å². The van der Waals surface area contributed by atoms with E-state index in [4.69, 9.17) is 4.74 Å². The molecule has 1 fully saturated rings. The molecule has 2 rings (SSSR count). The van der Waals surface area contributed by atoms with E-state index >= 15 is 0 Å². The van der Waals surface area contributed by atoms with Crippen LogP contribution < -0.4 is 5.32 Å². The van der Waals surface area contributed by atoms with E-state index in [-0.39, 0.29) is 0 Å². The van der Waals surface area contributed by atoms with Crippen molar-refractivity contribution in [3.05, 3.63) is 35.9 Å². The maximum atomic E-state index is 5.43. The van der Waals surface area contributed by atoms with Crippen LogP contribution in [0.15, 0.2) is 30.3 Å². The van der Waals surface area contributed by atoms with Crippen molar-refractivity contribution in [2.24, 2.45) is 5.92 Å². The maximum Gasteiger partial charge on any atom is 0.0469 e. The summed E-state index contributed by atoms with van der Waals surface area (Å²) < 4.78 is 5.43. The third-order valence-electron chi connectivity index (χ3n) is 4.23. The van der Waals surface area contributed by atoms with Crippen LogP contribution in [0.5, 0.6) is 0 Å². The Morgan fingerprint density at radius 2 is 1.84 bits per heavy atom. The number of ether oxygens (including phenoxy) is 1. The average molecular weight is 261 g/mol. The zero-order valence-electron chi connectivity index (χ0n) is 12.3. The average Bonchev–Trinajstić information content (AvgIpc) is 2.47. The number of hydrogen-bond acceptors (Lipinski definition) is 2. The molecule has 0 bridgehead atoms. The molecule has 1 aliphatic heterocycles. The van der Waals surface area contributed by atoms with Crippen molar-refractivity contribution in [2.45, 2.75) is 51.6 Å². The Bertz CT molecular complexity index is 346. The fourth-order valence-electron chi connectivity index (χ4n) is 2.91. The summed E-state index contributed by atoms with van der Waals surface area (Å²) in [6.45, 7) is 6.51. The number of hydrogen-bond donors (Lipinski definition) is 1. The first-order valence-corrected chi connectivity index (χ1v) is 7.63. The van der Waals surface area contributed by atoms with Crippen LogP contribution >= 0.6 is 0 Å². The molecule has 1 N–H and O–H groups in total. The topological polar surface area (TPSA) is 21.3 Å². The molecular weight excluding hydrogens is 234 g/mol. The minimum Gasteiger partial charge on any atom is -0.381 e. The van der Waals surface area contributed by atoms with Crippen LogP contribution in [0.1, 0.15) is 38.7 Å². The van der Waals surface area contributed by atoms with Gasteiger partial charge in [-0.3, -0.25) is 0 Å². The second-order valence-electron chi connectivity index (χ2n) is 5.83. The lowest BCUT2D eigenvalue weighted by Gasteiger charge is -2.30. The molecular formula is C17H27NO. The fourth-order valence-corrected chi connectivity index (χ4v) is 2.91. The molecule has 106 valence electrons. The van der Waals surface area contributed by atoms with Gasteiger partial charge in [0.05, 0.1) is 0 Å². The molecule has 0 spiro atoms. The summed E-state index contributed by atoms with van der Waals surface area (Å²) >= 11 is 0. The minimum absolute atomic E-state index is 0.582. The van der Waals surface area contributed by atoms with E-state index in [1.807, 2.05) is 0 Å². The van der Waals surface area contributed by atoms with Gasteiger partial charge in [-0.2, -0.15) is 0 Å². The van der Waals surface area contributed by atoms with Crippen molar-refractivity contribution in [3.8, 4) is 0 Å². The standard InChI is InChI=1S/C17H27NO/c1-14(8-9-16-6-4-3-5-7-16)18-15(2)17-10-12-19-13-11-17/h3-7,14-15,17-18H,8-13H2,1-2H3. The first-order chi connectivity index (χ1) is 9.25. The lowest BCUT2D eigenvalue weighted by molar-refractivity contribution is 0.0545. The lowest BCUT2D eigenvalue weighted by atomic mass is 9.92. The molecule has 1 saturated heterocycles. The van der Waals surface area contributed by atoms with Crippen LogP contribution in [0.3, 0.4) is 0 Å². The summed E-state index contributed by atoms with van der Waals surface area (Å²) in [5, 5.41) is 3.76. The summed E-state index contributed by atoms with van der Waals surface area (Å²) in [6.07, 6.45) is 4.78. The van der Waals surface area contributed by atoms with Gasteiger partial charge in [0.25, 0.3) is 0 Å². The van der Waals surface area contributed by atoms with Gasteiger partial charge in [0.15, 0.2) is 0 Å². The fraction of sp³-hybridized carbons (Fsp3) is 0.647. The second-order valence-corrected chi connectivity index (χ2v) is 5.83. The van der Waals surface area contributed by atoms with Gasteiger partial charge in [-0.25, -0.2) is 0 Å². The van der Waals surface area contributed by atoms with Crippen LogP contribution in [0.4, 0.5) is 0 Å². The Morgan fingerprint density at radius 1 is 1.16 bits per heavy atom. The second kappa shape index (κ2) is 7.66. The number of aryl methyl sites for hydroxylation is 1. The summed E-state index contributed by atoms with van der Waals surface area (Å²) in [6, 6.07) is 11.9. The predicted octanol–water partition coefficient (Wildman–Crippen LogP) is 3.41. The molecule has 1 aromatic rings. The summed E-state index contributed by atoms with van der Waals surface area (Å²) in [4.78, 5) is 0. The molecule has 1 heterocycles. The van der Waals surface area contributed by atoms with Crippen molar-refractivity contribution in [1.29, 1.82) is 0 Å². The van der Waals surface area contributed by atoms with Gasteiger partial charge in [-0.1, -0.05) is 30.3 Å². The third-order valence-corrected chi connectivity index (χ3v) is 4.23. The highest BCUT2D eigenvalue weighted by Gasteiger charge is 2.21. The molecule has 0 aromatic heterocycles. The third kappa shape index (κ3) is 4.96. The van der Waals surface area contributed by atoms with Gasteiger partial charge in [-0.15, -0.1) is 0 Å². The predicted molar refractivity (Wildman–Crippen MR) is 80.4 cm³/mol. The molecule has 0 radical (unpaired) electrons. The van der Waals surface area contributed by atoms with Crippen LogP contribution in [0, 0.1) is 5.92 Å². The van der Waals surface area contributed by atoms with Crippen LogP contribution in [-0.2, 0) is 11.2 Å². The van der Waals surface area contributed by atoms with Gasteiger partial charge in [0.1, 0.15) is 0 Å². The van der Waals surface area contributed by atoms with Crippen LogP contribution in [0.2, 0.25) is 0 Å². The van der Waals surface area contributed by atoms with Gasteiger partial charge < -0.3 is 10.1 Å². The van der Waals surface area contributed by atoms with E-state index in [1.165, 1.54) is 24.8 Å². The highest BCUT2D eigenvalue weighted by atomic mass is 16.5. The van der Waals surface area contributed by atoms with Crippen LogP contribution in [0.25, 0.3) is 0 Å². The van der Waals surface area contributed by atoms with Gasteiger partial charge in [0, 0.05) is 25.3 Å². The van der Waals surface area contributed by atoms with Crippen molar-refractivity contribution in [3.63, 3.8) is 0 Å². The van der Waals surface area contributed by atoms with E-state index in [1.54, 1.807) is 0 Å². The van der Waals surface area contributed by atoms with E-state index in [2.05, 4.69) is 49.5 Å². The Balaban J connectivity index is 1.70. The zero-order valence-corrected chi connectivity index (χ0v) is 12.3. The number of rotatable bonds is 6. The molecule has 0 amide bonds. The van der Waals surface area contributed by atoms with Crippen molar-refractivity contribution >= 4 is 0 Å². The zero-order chi connectivity index (χ0) is 13.5. The van der Waals surface area contributed by atoms with E-state index < -0.39 is 0 Å². The smallest absolute Gasteiger partial charge is 0.0469 e. The summed E-state index contributed by atoms with van der Waals surface area (Å²) in [5.74, 6) is 0.785. The highest BCUT2D eigenvalue weighted by molar-refractivity contribution is 5.14. The summed E-state index contributed by atoms with van der Waals surface area (Å²) in [7, 11) is 0. The molecule has 2 heteroatoms. The molecule has 2 atom stereocenters. The van der Waals surface area contributed by atoms with E-state index in [9.17, 15) is 0 Å². The normalized spacial score (nSPS) is 20.1. The Morgan fingerprint density at radius 3 is 2.53 bits per heavy atom. The Hall–Kier alpha value is -0.860. The molecule has 2 nitrogen and oxygen atoms in total. The molecule has 19 heavy (non-hydrogen) atoms. The van der Waals surface area contributed by atoms with Gasteiger partial charge in [-0.05, 0) is 51.0 Å². The highest BCUT2D eigenvalue weighted by Crippen LogP contribution is 2.19. The molecule has 1 aromatic carbocycles. The molecule has 0 saturated carbocycles. The Kier molecular flexibility index (Phi) is 5.87. The molecule has 0 aliphatic carbocycles. The number of benzene rings is 1. The van der Waals surface area contributed by atoms with E-state index in [0.29, 0.717) is 12.1 Å². The van der Waals surface area contributed by atoms with Crippen molar-refractivity contribution in [2.75, 3.05) is 13.2 Å². The molecule has 2 unspecified atom stereocenters. The van der Waals surface area contributed by atoms with Crippen molar-refractivity contribution < 1.29 is 4.74 Å². The SMILES string of the molecule is CC(CCc1ccccc1)NC(C)C1CCOCC1. The number of nitrogens with one attached hydrogen (secondary N) is 1. The first kappa shape index (κ1) is 14.5. The quantitative estimate of drug-likeness (QED) is 0.847. The lowest BCUT2D eigenvalue weighted by Crippen LogP contribution is -2.41.